The average molecular weight is 441 g/mol. The number of hydrogen-bond donors (Lipinski definition) is 1. The highest BCUT2D eigenvalue weighted by molar-refractivity contribution is 5.69. The number of hydrogen-bond acceptors (Lipinski definition) is 7. The van der Waals surface area contributed by atoms with Gasteiger partial charge in [0.1, 0.15) is 30.3 Å². The number of rotatable bonds is 8. The molecule has 0 aliphatic rings. The Morgan fingerprint density at radius 2 is 1.55 bits per heavy atom. The molecule has 0 heterocycles. The monoisotopic (exact) mass is 440 g/mol. The van der Waals surface area contributed by atoms with Crippen molar-refractivity contribution in [1.29, 1.82) is 0 Å². The van der Waals surface area contributed by atoms with E-state index in [4.69, 9.17) is 16.0 Å². The first-order valence-corrected chi connectivity index (χ1v) is 10.2. The molecule has 0 aromatic rings. The second-order valence-electron chi connectivity index (χ2n) is 9.42. The zero-order valence-corrected chi connectivity index (χ0v) is 20.2. The molecule has 0 aromatic carbocycles. The standard InChI is InChI=1S/C11H20N2O2.C11H19NO4/c1-8(12-6)7-9(2)13-10(14)15-11(3,4)5;1-8(6-13)5-9(7-14)12-10(15)16-11(2,3)4/h8-9H,7H2,1-5H3,(H,13,14);6-9H,5H2,1-4H3,(H,12,15)/p-1/t8-,9+;8-,9-/m00/s1. The van der Waals surface area contributed by atoms with Gasteiger partial charge in [-0.15, -0.1) is 0 Å². The van der Waals surface area contributed by atoms with E-state index in [1.165, 1.54) is 0 Å². The summed E-state index contributed by atoms with van der Waals surface area (Å²) < 4.78 is 10.0. The summed E-state index contributed by atoms with van der Waals surface area (Å²) in [6.45, 7) is 22.8. The highest BCUT2D eigenvalue weighted by Gasteiger charge is 2.19. The smallest absolute Gasteiger partial charge is 0.407 e. The molecule has 178 valence electrons. The van der Waals surface area contributed by atoms with Gasteiger partial charge in [0.15, 0.2) is 0 Å². The first-order valence-electron chi connectivity index (χ1n) is 10.2. The second-order valence-corrected chi connectivity index (χ2v) is 9.42. The molecule has 0 saturated heterocycles. The van der Waals surface area contributed by atoms with E-state index in [0.29, 0.717) is 12.7 Å². The number of aldehydes is 2. The molecule has 0 fully saturated rings. The van der Waals surface area contributed by atoms with Gasteiger partial charge >= 0.3 is 6.09 Å². The second kappa shape index (κ2) is 14.4. The van der Waals surface area contributed by atoms with Crippen molar-refractivity contribution in [2.75, 3.05) is 0 Å². The van der Waals surface area contributed by atoms with Gasteiger partial charge in [-0.3, -0.25) is 4.99 Å². The fourth-order valence-corrected chi connectivity index (χ4v) is 2.13. The van der Waals surface area contributed by atoms with Crippen molar-refractivity contribution in [3.8, 4) is 0 Å². The van der Waals surface area contributed by atoms with Crippen molar-refractivity contribution in [3.05, 3.63) is 11.4 Å². The summed E-state index contributed by atoms with van der Waals surface area (Å²) in [5, 5.41) is 14.0. The fraction of sp³-hybridized carbons (Fsp3) is 0.773. The number of amides is 1. The quantitative estimate of drug-likeness (QED) is 0.268. The Morgan fingerprint density at radius 1 is 1.03 bits per heavy atom. The van der Waals surface area contributed by atoms with Crippen LogP contribution in [0.15, 0.2) is 4.99 Å². The predicted molar refractivity (Wildman–Crippen MR) is 117 cm³/mol. The highest BCUT2D eigenvalue weighted by Crippen LogP contribution is 2.09. The Hall–Kier alpha value is -2.63. The fourth-order valence-electron chi connectivity index (χ4n) is 2.13. The number of carbonyl (C=O) groups excluding carboxylic acids is 3. The van der Waals surface area contributed by atoms with Crippen LogP contribution in [0.25, 0.3) is 4.85 Å². The zero-order chi connectivity index (χ0) is 24.8. The Morgan fingerprint density at radius 3 is 1.94 bits per heavy atom. The molecule has 0 spiro atoms. The van der Waals surface area contributed by atoms with Gasteiger partial charge in [0.2, 0.25) is 6.04 Å². The number of alkyl carbamates (subject to hydrolysis) is 1. The summed E-state index contributed by atoms with van der Waals surface area (Å²) in [5.74, 6) is -0.304. The van der Waals surface area contributed by atoms with Gasteiger partial charge in [0.25, 0.3) is 0 Å². The van der Waals surface area contributed by atoms with Crippen molar-refractivity contribution in [2.45, 2.75) is 104 Å². The molecular formula is C22H38N3O6-. The lowest BCUT2D eigenvalue weighted by Crippen LogP contribution is -2.38. The van der Waals surface area contributed by atoms with Crippen molar-refractivity contribution >= 4 is 24.7 Å². The maximum Gasteiger partial charge on any atom is 0.407 e. The van der Waals surface area contributed by atoms with E-state index in [0.717, 1.165) is 6.29 Å². The number of ether oxygens (including phenoxy) is 2. The molecule has 9 heteroatoms. The Balaban J connectivity index is 0. The molecule has 0 saturated carbocycles. The van der Waals surface area contributed by atoms with Gasteiger partial charge in [0, 0.05) is 30.9 Å². The number of nitrogens with one attached hydrogen (secondary N) is 1. The van der Waals surface area contributed by atoms with Crippen molar-refractivity contribution < 1.29 is 29.0 Å². The summed E-state index contributed by atoms with van der Waals surface area (Å²) in [5.41, 5.74) is -1.11. The van der Waals surface area contributed by atoms with Crippen molar-refractivity contribution in [3.63, 3.8) is 0 Å². The van der Waals surface area contributed by atoms with Crippen LogP contribution in [0.1, 0.15) is 75.2 Å². The molecule has 4 atom stereocenters. The van der Waals surface area contributed by atoms with E-state index < -0.39 is 29.4 Å². The summed E-state index contributed by atoms with van der Waals surface area (Å²) >= 11 is 0. The molecule has 0 aromatic heterocycles. The molecule has 0 rings (SSSR count). The molecule has 1 amide bonds. The van der Waals surface area contributed by atoms with Crippen molar-refractivity contribution in [2.24, 2.45) is 10.9 Å². The molecule has 31 heavy (non-hydrogen) atoms. The van der Waals surface area contributed by atoms with E-state index in [-0.39, 0.29) is 24.4 Å². The normalized spacial score (nSPS) is 15.7. The van der Waals surface area contributed by atoms with Gasteiger partial charge in [-0.25, -0.2) is 11.4 Å². The highest BCUT2D eigenvalue weighted by atomic mass is 16.6. The Labute approximate surface area is 186 Å². The summed E-state index contributed by atoms with van der Waals surface area (Å²) in [6.07, 6.45) is 0.940. The van der Waals surface area contributed by atoms with E-state index in [1.54, 1.807) is 27.7 Å². The summed E-state index contributed by atoms with van der Waals surface area (Å²) in [7, 11) is 0. The van der Waals surface area contributed by atoms with E-state index in [2.05, 4.69) is 15.2 Å². The predicted octanol–water partition coefficient (Wildman–Crippen LogP) is 2.91. The van der Waals surface area contributed by atoms with E-state index in [1.807, 2.05) is 34.6 Å². The molecule has 1 N–H and O–H groups in total. The van der Waals surface area contributed by atoms with Crippen LogP contribution < -0.4 is 10.4 Å². The topological polar surface area (TPSA) is 121 Å². The zero-order valence-electron chi connectivity index (χ0n) is 20.2. The van der Waals surface area contributed by atoms with Crippen LogP contribution in [0.3, 0.4) is 0 Å². The minimum atomic E-state index is -0.810. The van der Waals surface area contributed by atoms with Crippen LogP contribution >= 0.6 is 0 Å². The molecule has 9 nitrogen and oxygen atoms in total. The molecule has 0 bridgehead atoms. The first-order chi connectivity index (χ1) is 14.0. The largest absolute Gasteiger partial charge is 0.595 e. The molecule has 0 radical (unpaired) electrons. The lowest BCUT2D eigenvalue weighted by Gasteiger charge is -2.30. The Kier molecular flexibility index (Phi) is 14.2. The summed E-state index contributed by atoms with van der Waals surface area (Å²) in [4.78, 5) is 39.3. The minimum Gasteiger partial charge on any atom is -0.595 e. The number of nitrogens with zero attached hydrogens (tertiary/aromatic N) is 2. The van der Waals surface area contributed by atoms with Gasteiger partial charge in [-0.05, 0) is 34.1 Å². The summed E-state index contributed by atoms with van der Waals surface area (Å²) in [6, 6.07) is -0.922. The third-order valence-electron chi connectivity index (χ3n) is 3.35. The van der Waals surface area contributed by atoms with Crippen LogP contribution in [-0.4, -0.2) is 54.1 Å². The number of carbonyl (C=O) groups is 3. The molecule has 0 unspecified atom stereocenters. The minimum absolute atomic E-state index is 0.0380. The van der Waals surface area contributed by atoms with Crippen LogP contribution in [0.4, 0.5) is 4.79 Å². The SMILES string of the molecule is C[C@H](C=O)C[C@@H](C=O)N=C([O-])OC(C)(C)C.[C-]#[N+][C@@H](C)C[C@@H](C)NC(=O)OC(C)(C)C. The average Bonchev–Trinajstić information content (AvgIpc) is 2.57. The van der Waals surface area contributed by atoms with Gasteiger partial charge in [-0.1, -0.05) is 27.7 Å². The van der Waals surface area contributed by atoms with Crippen LogP contribution in [-0.2, 0) is 19.1 Å². The lowest BCUT2D eigenvalue weighted by molar-refractivity contribution is -0.260. The van der Waals surface area contributed by atoms with Crippen LogP contribution in [0.5, 0.6) is 0 Å². The third kappa shape index (κ3) is 20.4. The lowest BCUT2D eigenvalue weighted by atomic mass is 10.1. The maximum atomic E-state index is 11.3. The van der Waals surface area contributed by atoms with E-state index >= 15 is 0 Å². The molecular weight excluding hydrogens is 402 g/mol. The third-order valence-corrected chi connectivity index (χ3v) is 3.35. The molecule has 0 aliphatic carbocycles. The van der Waals surface area contributed by atoms with Crippen LogP contribution in [0.2, 0.25) is 0 Å². The van der Waals surface area contributed by atoms with Crippen LogP contribution in [0, 0.1) is 12.5 Å². The van der Waals surface area contributed by atoms with Gasteiger partial charge in [0.05, 0.1) is 0 Å². The molecule has 0 aliphatic heterocycles. The van der Waals surface area contributed by atoms with Crippen molar-refractivity contribution in [1.82, 2.24) is 5.32 Å². The number of aliphatic imine (C=N–C) groups is 1. The van der Waals surface area contributed by atoms with Gasteiger partial charge < -0.3 is 34.3 Å². The Bertz CT molecular complexity index is 629. The maximum absolute atomic E-state index is 11.3. The van der Waals surface area contributed by atoms with Gasteiger partial charge in [-0.2, -0.15) is 0 Å². The first kappa shape index (κ1) is 30.6. The van der Waals surface area contributed by atoms with E-state index in [9.17, 15) is 19.5 Å².